The van der Waals surface area contributed by atoms with E-state index in [-0.39, 0.29) is 5.95 Å². The SMILES string of the molecule is Nc1nccc(N2NC=CO2)n1. The third-order valence-electron chi connectivity index (χ3n) is 1.29. The molecule has 1 aromatic heterocycles. The summed E-state index contributed by atoms with van der Waals surface area (Å²) < 4.78 is 0. The quantitative estimate of drug-likeness (QED) is 0.599. The third kappa shape index (κ3) is 1.09. The van der Waals surface area contributed by atoms with Crippen LogP contribution < -0.4 is 16.3 Å². The smallest absolute Gasteiger partial charge is 0.222 e. The molecule has 2 heterocycles. The Labute approximate surface area is 68.6 Å². The molecular formula is C6H7N5O. The van der Waals surface area contributed by atoms with Gasteiger partial charge in [-0.2, -0.15) is 4.98 Å². The Kier molecular flexibility index (Phi) is 1.44. The predicted molar refractivity (Wildman–Crippen MR) is 42.3 cm³/mol. The fourth-order valence-electron chi connectivity index (χ4n) is 0.817. The number of hydrogen-bond acceptors (Lipinski definition) is 6. The van der Waals surface area contributed by atoms with Gasteiger partial charge in [0.15, 0.2) is 5.82 Å². The molecular weight excluding hydrogens is 158 g/mol. The first kappa shape index (κ1) is 6.71. The van der Waals surface area contributed by atoms with Crippen LogP contribution in [0, 0.1) is 0 Å². The number of nitrogen functional groups attached to an aromatic ring is 1. The first-order chi connectivity index (χ1) is 5.86. The summed E-state index contributed by atoms with van der Waals surface area (Å²) in [7, 11) is 0. The lowest BCUT2D eigenvalue weighted by Crippen LogP contribution is -2.28. The number of rotatable bonds is 1. The van der Waals surface area contributed by atoms with Crippen LogP contribution in [0.15, 0.2) is 24.7 Å². The molecule has 62 valence electrons. The number of anilines is 2. The molecule has 1 aliphatic rings. The predicted octanol–water partition coefficient (Wildman–Crippen LogP) is -0.214. The molecule has 3 N–H and O–H groups in total. The van der Waals surface area contributed by atoms with Gasteiger partial charge in [0, 0.05) is 12.3 Å². The van der Waals surface area contributed by atoms with E-state index in [4.69, 9.17) is 10.6 Å². The summed E-state index contributed by atoms with van der Waals surface area (Å²) in [6, 6.07) is 1.68. The topological polar surface area (TPSA) is 76.3 Å². The van der Waals surface area contributed by atoms with Crippen LogP contribution in [0.1, 0.15) is 0 Å². The number of nitrogens with zero attached hydrogens (tertiary/aromatic N) is 3. The zero-order valence-electron chi connectivity index (χ0n) is 6.14. The van der Waals surface area contributed by atoms with E-state index in [0.29, 0.717) is 5.82 Å². The minimum atomic E-state index is 0.213. The highest BCUT2D eigenvalue weighted by atomic mass is 16.7. The van der Waals surface area contributed by atoms with Gasteiger partial charge in [-0.1, -0.05) is 5.17 Å². The molecule has 0 aromatic carbocycles. The Balaban J connectivity index is 2.22. The van der Waals surface area contributed by atoms with Crippen molar-refractivity contribution in [3.63, 3.8) is 0 Å². The molecule has 12 heavy (non-hydrogen) atoms. The zero-order valence-corrected chi connectivity index (χ0v) is 6.14. The summed E-state index contributed by atoms with van der Waals surface area (Å²) in [6.07, 6.45) is 4.69. The van der Waals surface area contributed by atoms with E-state index in [0.717, 1.165) is 0 Å². The molecule has 2 rings (SSSR count). The molecule has 0 atom stereocenters. The third-order valence-corrected chi connectivity index (χ3v) is 1.29. The number of aromatic nitrogens is 2. The van der Waals surface area contributed by atoms with Crippen molar-refractivity contribution in [2.45, 2.75) is 0 Å². The van der Waals surface area contributed by atoms with Crippen LogP contribution in [0.2, 0.25) is 0 Å². The first-order valence-corrected chi connectivity index (χ1v) is 3.33. The molecule has 0 saturated heterocycles. The second kappa shape index (κ2) is 2.57. The molecule has 6 heteroatoms. The molecule has 0 bridgehead atoms. The Hall–Kier alpha value is -1.98. The van der Waals surface area contributed by atoms with Crippen molar-refractivity contribution >= 4 is 11.8 Å². The van der Waals surface area contributed by atoms with E-state index in [1.807, 2.05) is 0 Å². The maximum Gasteiger partial charge on any atom is 0.222 e. The van der Waals surface area contributed by atoms with Crippen molar-refractivity contribution in [2.75, 3.05) is 10.9 Å². The molecule has 6 nitrogen and oxygen atoms in total. The number of nitrogens with one attached hydrogen (secondary N) is 1. The van der Waals surface area contributed by atoms with Crippen molar-refractivity contribution in [1.29, 1.82) is 0 Å². The molecule has 1 aliphatic heterocycles. The number of hydrazine groups is 1. The second-order valence-corrected chi connectivity index (χ2v) is 2.10. The van der Waals surface area contributed by atoms with E-state index in [1.54, 1.807) is 18.5 Å². The van der Waals surface area contributed by atoms with Crippen molar-refractivity contribution in [3.8, 4) is 0 Å². The van der Waals surface area contributed by atoms with Crippen molar-refractivity contribution in [2.24, 2.45) is 0 Å². The summed E-state index contributed by atoms with van der Waals surface area (Å²) in [5.74, 6) is 0.775. The molecule has 0 unspecified atom stereocenters. The standard InChI is InChI=1S/C6H7N5O/c7-6-8-2-1-5(10-6)11-9-3-4-12-11/h1-4,9H,(H2,7,8,10). The van der Waals surface area contributed by atoms with Gasteiger partial charge >= 0.3 is 0 Å². The summed E-state index contributed by atoms with van der Waals surface area (Å²) in [5.41, 5.74) is 8.16. The van der Waals surface area contributed by atoms with Crippen LogP contribution in [0.25, 0.3) is 0 Å². The highest BCUT2D eigenvalue weighted by Gasteiger charge is 2.09. The van der Waals surface area contributed by atoms with Crippen LogP contribution in [0.3, 0.4) is 0 Å². The lowest BCUT2D eigenvalue weighted by atomic mass is 10.6. The van der Waals surface area contributed by atoms with Gasteiger partial charge in [-0.05, 0) is 0 Å². The van der Waals surface area contributed by atoms with E-state index in [2.05, 4.69) is 15.4 Å². The van der Waals surface area contributed by atoms with Gasteiger partial charge in [0.05, 0.1) is 6.20 Å². The van der Waals surface area contributed by atoms with E-state index in [1.165, 1.54) is 11.4 Å². The summed E-state index contributed by atoms with van der Waals surface area (Å²) in [6.45, 7) is 0. The Morgan fingerprint density at radius 1 is 1.58 bits per heavy atom. The average molecular weight is 165 g/mol. The highest BCUT2D eigenvalue weighted by Crippen LogP contribution is 2.11. The van der Waals surface area contributed by atoms with E-state index < -0.39 is 0 Å². The van der Waals surface area contributed by atoms with Gasteiger partial charge < -0.3 is 10.6 Å². The molecule has 1 aromatic rings. The maximum atomic E-state index is 5.37. The normalized spacial score (nSPS) is 14.2. The van der Waals surface area contributed by atoms with Gasteiger partial charge in [0.2, 0.25) is 5.95 Å². The van der Waals surface area contributed by atoms with Crippen molar-refractivity contribution < 1.29 is 4.84 Å². The van der Waals surface area contributed by atoms with E-state index in [9.17, 15) is 0 Å². The summed E-state index contributed by atoms with van der Waals surface area (Å²) in [4.78, 5) is 12.7. The summed E-state index contributed by atoms with van der Waals surface area (Å²) in [5, 5.41) is 1.37. The molecule has 0 spiro atoms. The van der Waals surface area contributed by atoms with Crippen LogP contribution in [-0.4, -0.2) is 9.97 Å². The second-order valence-electron chi connectivity index (χ2n) is 2.10. The largest absolute Gasteiger partial charge is 0.368 e. The molecule has 0 amide bonds. The number of hydrogen-bond donors (Lipinski definition) is 2. The molecule has 0 fully saturated rings. The van der Waals surface area contributed by atoms with Gasteiger partial charge in [0.1, 0.15) is 6.26 Å². The van der Waals surface area contributed by atoms with Crippen LogP contribution in [0.4, 0.5) is 11.8 Å². The van der Waals surface area contributed by atoms with Gasteiger partial charge in [-0.25, -0.2) is 4.98 Å². The minimum Gasteiger partial charge on any atom is -0.368 e. The highest BCUT2D eigenvalue weighted by molar-refractivity contribution is 5.38. The molecule has 0 radical (unpaired) electrons. The van der Waals surface area contributed by atoms with Crippen LogP contribution >= 0.6 is 0 Å². The Morgan fingerprint density at radius 2 is 2.50 bits per heavy atom. The maximum absolute atomic E-state index is 5.37. The monoisotopic (exact) mass is 165 g/mol. The van der Waals surface area contributed by atoms with Gasteiger partial charge in [0.25, 0.3) is 0 Å². The van der Waals surface area contributed by atoms with Crippen LogP contribution in [0.5, 0.6) is 0 Å². The molecule has 0 aliphatic carbocycles. The summed E-state index contributed by atoms with van der Waals surface area (Å²) >= 11 is 0. The van der Waals surface area contributed by atoms with Gasteiger partial charge in [-0.15, -0.1) is 0 Å². The zero-order chi connectivity index (χ0) is 8.39. The van der Waals surface area contributed by atoms with Crippen molar-refractivity contribution in [1.82, 2.24) is 15.4 Å². The Bertz CT molecular complexity index is 305. The minimum absolute atomic E-state index is 0.213. The van der Waals surface area contributed by atoms with E-state index >= 15 is 0 Å². The lowest BCUT2D eigenvalue weighted by molar-refractivity contribution is 0.218. The average Bonchev–Trinajstić information content (AvgIpc) is 2.56. The lowest BCUT2D eigenvalue weighted by Gasteiger charge is -2.14. The number of nitrogens with two attached hydrogens (primary N) is 1. The fraction of sp³-hybridized carbons (Fsp3) is 0. The van der Waals surface area contributed by atoms with Crippen molar-refractivity contribution in [3.05, 3.63) is 24.7 Å². The Morgan fingerprint density at radius 3 is 3.17 bits per heavy atom. The van der Waals surface area contributed by atoms with Crippen LogP contribution in [-0.2, 0) is 4.84 Å². The first-order valence-electron chi connectivity index (χ1n) is 3.33. The van der Waals surface area contributed by atoms with Gasteiger partial charge in [-0.3, -0.25) is 5.43 Å². The fourth-order valence-corrected chi connectivity index (χ4v) is 0.817. The molecule has 0 saturated carbocycles.